The molecule has 14 heavy (non-hydrogen) atoms. The van der Waals surface area contributed by atoms with Crippen molar-refractivity contribution >= 4 is 11.6 Å². The molecule has 76 valence electrons. The van der Waals surface area contributed by atoms with Crippen LogP contribution in [0, 0.1) is 12.7 Å². The van der Waals surface area contributed by atoms with Crippen molar-refractivity contribution in [2.24, 2.45) is 0 Å². The standard InChI is InChI=1S/C11H13ClFN/c1-7-4-10(12)11(13)5-9(7)8-2-3-14-6-8/h4-5,8,14H,2-3,6H2,1H3. The average molecular weight is 214 g/mol. The van der Waals surface area contributed by atoms with Crippen molar-refractivity contribution in [1.29, 1.82) is 0 Å². The maximum absolute atomic E-state index is 13.3. The second-order valence-electron chi connectivity index (χ2n) is 3.81. The third-order valence-electron chi connectivity index (χ3n) is 2.81. The highest BCUT2D eigenvalue weighted by molar-refractivity contribution is 6.30. The molecule has 1 heterocycles. The van der Waals surface area contributed by atoms with E-state index in [2.05, 4.69) is 5.32 Å². The summed E-state index contributed by atoms with van der Waals surface area (Å²) in [6.07, 6.45) is 1.09. The van der Waals surface area contributed by atoms with Gasteiger partial charge in [0.1, 0.15) is 5.82 Å². The van der Waals surface area contributed by atoms with Crippen LogP contribution < -0.4 is 5.32 Å². The fraction of sp³-hybridized carbons (Fsp3) is 0.455. The van der Waals surface area contributed by atoms with Crippen LogP contribution in [0.2, 0.25) is 5.02 Å². The molecular formula is C11H13ClFN. The summed E-state index contributed by atoms with van der Waals surface area (Å²) in [6.45, 7) is 3.95. The largest absolute Gasteiger partial charge is 0.316 e. The molecule has 1 nitrogen and oxygen atoms in total. The molecular weight excluding hydrogens is 201 g/mol. The molecule has 1 aliphatic rings. The minimum Gasteiger partial charge on any atom is -0.316 e. The Morgan fingerprint density at radius 2 is 2.29 bits per heavy atom. The van der Waals surface area contributed by atoms with E-state index in [0.717, 1.165) is 30.6 Å². The fourth-order valence-electron chi connectivity index (χ4n) is 2.02. The zero-order valence-electron chi connectivity index (χ0n) is 8.11. The van der Waals surface area contributed by atoms with Crippen LogP contribution in [0.15, 0.2) is 12.1 Å². The third-order valence-corrected chi connectivity index (χ3v) is 3.10. The minimum absolute atomic E-state index is 0.220. The second kappa shape index (κ2) is 3.87. The van der Waals surface area contributed by atoms with Crippen molar-refractivity contribution in [2.75, 3.05) is 13.1 Å². The Hall–Kier alpha value is -0.600. The summed E-state index contributed by atoms with van der Waals surface area (Å²) in [7, 11) is 0. The molecule has 0 spiro atoms. The number of hydrogen-bond acceptors (Lipinski definition) is 1. The van der Waals surface area contributed by atoms with E-state index >= 15 is 0 Å². The average Bonchev–Trinajstić information content (AvgIpc) is 2.64. The molecule has 0 radical (unpaired) electrons. The SMILES string of the molecule is Cc1cc(Cl)c(F)cc1C1CCNC1. The summed E-state index contributed by atoms with van der Waals surface area (Å²) in [6, 6.07) is 3.29. The highest BCUT2D eigenvalue weighted by Gasteiger charge is 2.19. The monoisotopic (exact) mass is 213 g/mol. The van der Waals surface area contributed by atoms with Crippen LogP contribution in [0.3, 0.4) is 0 Å². The number of hydrogen-bond donors (Lipinski definition) is 1. The summed E-state index contributed by atoms with van der Waals surface area (Å²) in [5.41, 5.74) is 2.18. The smallest absolute Gasteiger partial charge is 0.142 e. The van der Waals surface area contributed by atoms with Gasteiger partial charge in [-0.1, -0.05) is 11.6 Å². The molecule has 0 aromatic heterocycles. The lowest BCUT2D eigenvalue weighted by atomic mass is 9.94. The molecule has 0 bridgehead atoms. The number of benzene rings is 1. The van der Waals surface area contributed by atoms with Crippen LogP contribution in [0.1, 0.15) is 23.5 Å². The first-order chi connectivity index (χ1) is 6.68. The van der Waals surface area contributed by atoms with Gasteiger partial charge in [0.25, 0.3) is 0 Å². The molecule has 3 heteroatoms. The maximum atomic E-state index is 13.3. The highest BCUT2D eigenvalue weighted by atomic mass is 35.5. The first kappa shape index (κ1) is 9.94. The Balaban J connectivity index is 2.37. The Morgan fingerprint density at radius 1 is 1.50 bits per heavy atom. The molecule has 2 rings (SSSR count). The molecule has 1 aromatic carbocycles. The molecule has 1 N–H and O–H groups in total. The van der Waals surface area contributed by atoms with Crippen molar-refractivity contribution in [2.45, 2.75) is 19.3 Å². The molecule has 0 aliphatic carbocycles. The van der Waals surface area contributed by atoms with Gasteiger partial charge in [0.15, 0.2) is 0 Å². The lowest BCUT2D eigenvalue weighted by molar-refractivity contribution is 0.620. The van der Waals surface area contributed by atoms with Gasteiger partial charge in [0.2, 0.25) is 0 Å². The van der Waals surface area contributed by atoms with Gasteiger partial charge < -0.3 is 5.32 Å². The maximum Gasteiger partial charge on any atom is 0.142 e. The van der Waals surface area contributed by atoms with Crippen molar-refractivity contribution in [1.82, 2.24) is 5.32 Å². The third kappa shape index (κ3) is 1.77. The van der Waals surface area contributed by atoms with E-state index in [1.165, 1.54) is 0 Å². The number of rotatable bonds is 1. The van der Waals surface area contributed by atoms with Crippen LogP contribution in [-0.4, -0.2) is 13.1 Å². The Morgan fingerprint density at radius 3 is 2.93 bits per heavy atom. The first-order valence-electron chi connectivity index (χ1n) is 4.84. The van der Waals surface area contributed by atoms with Crippen molar-refractivity contribution in [3.05, 3.63) is 34.1 Å². The van der Waals surface area contributed by atoms with E-state index in [-0.39, 0.29) is 10.8 Å². The van der Waals surface area contributed by atoms with Crippen LogP contribution in [0.4, 0.5) is 4.39 Å². The van der Waals surface area contributed by atoms with Crippen LogP contribution in [0.5, 0.6) is 0 Å². The predicted octanol–water partition coefficient (Wildman–Crippen LogP) is 2.86. The molecule has 1 aliphatic heterocycles. The van der Waals surface area contributed by atoms with Gasteiger partial charge in [-0.3, -0.25) is 0 Å². The normalized spacial score (nSPS) is 21.5. The first-order valence-corrected chi connectivity index (χ1v) is 5.22. The van der Waals surface area contributed by atoms with E-state index in [1.54, 1.807) is 12.1 Å². The highest BCUT2D eigenvalue weighted by Crippen LogP contribution is 2.29. The summed E-state index contributed by atoms with van der Waals surface area (Å²) < 4.78 is 13.3. The molecule has 1 atom stereocenters. The zero-order valence-corrected chi connectivity index (χ0v) is 8.87. The predicted molar refractivity (Wildman–Crippen MR) is 56.4 cm³/mol. The van der Waals surface area contributed by atoms with Gasteiger partial charge in [0.05, 0.1) is 5.02 Å². The number of aryl methyl sites for hydroxylation is 1. The van der Waals surface area contributed by atoms with Crippen LogP contribution >= 0.6 is 11.6 Å². The summed E-state index contributed by atoms with van der Waals surface area (Å²) in [5.74, 6) is 0.140. The zero-order chi connectivity index (χ0) is 10.1. The quantitative estimate of drug-likeness (QED) is 0.757. The van der Waals surface area contributed by atoms with Crippen molar-refractivity contribution in [3.8, 4) is 0 Å². The molecule has 0 amide bonds. The fourth-order valence-corrected chi connectivity index (χ4v) is 2.24. The lowest BCUT2D eigenvalue weighted by Gasteiger charge is -2.12. The molecule has 1 fully saturated rings. The molecule has 1 saturated heterocycles. The Kier molecular flexibility index (Phi) is 2.75. The van der Waals surface area contributed by atoms with E-state index < -0.39 is 0 Å². The number of nitrogens with one attached hydrogen (secondary N) is 1. The Bertz CT molecular complexity index is 345. The van der Waals surface area contributed by atoms with Gasteiger partial charge >= 0.3 is 0 Å². The second-order valence-corrected chi connectivity index (χ2v) is 4.22. The van der Waals surface area contributed by atoms with Crippen LogP contribution in [-0.2, 0) is 0 Å². The van der Waals surface area contributed by atoms with Crippen molar-refractivity contribution in [3.63, 3.8) is 0 Å². The van der Waals surface area contributed by atoms with Crippen molar-refractivity contribution < 1.29 is 4.39 Å². The molecule has 1 unspecified atom stereocenters. The Labute approximate surface area is 88.3 Å². The van der Waals surface area contributed by atoms with Crippen LogP contribution in [0.25, 0.3) is 0 Å². The van der Waals surface area contributed by atoms with E-state index in [1.807, 2.05) is 6.92 Å². The van der Waals surface area contributed by atoms with Gasteiger partial charge in [-0.2, -0.15) is 0 Å². The molecule has 1 aromatic rings. The van der Waals surface area contributed by atoms with Gasteiger partial charge in [-0.25, -0.2) is 4.39 Å². The van der Waals surface area contributed by atoms with E-state index in [9.17, 15) is 4.39 Å². The summed E-state index contributed by atoms with van der Waals surface area (Å²) in [4.78, 5) is 0. The molecule has 0 saturated carbocycles. The topological polar surface area (TPSA) is 12.0 Å². The number of halogens is 2. The lowest BCUT2D eigenvalue weighted by Crippen LogP contribution is -2.09. The van der Waals surface area contributed by atoms with E-state index in [4.69, 9.17) is 11.6 Å². The summed E-state index contributed by atoms with van der Waals surface area (Å²) in [5, 5.41) is 3.50. The summed E-state index contributed by atoms with van der Waals surface area (Å²) >= 11 is 5.70. The minimum atomic E-state index is -0.306. The van der Waals surface area contributed by atoms with Gasteiger partial charge in [0, 0.05) is 6.54 Å². The van der Waals surface area contributed by atoms with Gasteiger partial charge in [-0.05, 0) is 49.1 Å². The van der Waals surface area contributed by atoms with Gasteiger partial charge in [-0.15, -0.1) is 0 Å². The van der Waals surface area contributed by atoms with E-state index in [0.29, 0.717) is 5.92 Å².